The van der Waals surface area contributed by atoms with Crippen molar-refractivity contribution >= 4 is 39.0 Å². The molecule has 0 aliphatic carbocycles. The Hall–Kier alpha value is -4.38. The van der Waals surface area contributed by atoms with Crippen molar-refractivity contribution in [2.24, 2.45) is 0 Å². The minimum absolute atomic E-state index is 0.0435. The number of benzene rings is 2. The van der Waals surface area contributed by atoms with Crippen molar-refractivity contribution in [1.29, 1.82) is 0 Å². The summed E-state index contributed by atoms with van der Waals surface area (Å²) in [6.07, 6.45) is 0. The maximum atomic E-state index is 13.6. The van der Waals surface area contributed by atoms with E-state index < -0.39 is 17.4 Å². The molecule has 36 heavy (non-hydrogen) atoms. The van der Waals surface area contributed by atoms with Crippen molar-refractivity contribution < 1.29 is 28.5 Å². The van der Waals surface area contributed by atoms with Crippen LogP contribution in [0, 0.1) is 0 Å². The number of nitrogens with one attached hydrogen (secondary N) is 1. The normalized spacial score (nSPS) is 10.7. The van der Waals surface area contributed by atoms with Gasteiger partial charge in [0.25, 0.3) is 11.5 Å². The van der Waals surface area contributed by atoms with Gasteiger partial charge < -0.3 is 24.3 Å². The van der Waals surface area contributed by atoms with Gasteiger partial charge in [0.05, 0.1) is 44.6 Å². The molecule has 0 atom stereocenters. The molecule has 0 aliphatic heterocycles. The van der Waals surface area contributed by atoms with E-state index in [9.17, 15) is 14.4 Å². The summed E-state index contributed by atoms with van der Waals surface area (Å²) in [5.41, 5.74) is 0.0649. The molecule has 0 saturated heterocycles. The number of para-hydroxylation sites is 1. The Kier molecular flexibility index (Phi) is 7.20. The molecule has 0 saturated carbocycles. The number of carbonyl (C=O) groups excluding carboxylic acids is 2. The van der Waals surface area contributed by atoms with E-state index in [2.05, 4.69) is 10.4 Å². The summed E-state index contributed by atoms with van der Waals surface area (Å²) in [6.45, 7) is 1.81. The molecule has 0 fully saturated rings. The highest BCUT2D eigenvalue weighted by molar-refractivity contribution is 7.16. The summed E-state index contributed by atoms with van der Waals surface area (Å²) in [4.78, 5) is 39.5. The molecular formula is C25H23N3O7S. The average Bonchev–Trinajstić information content (AvgIpc) is 3.32. The van der Waals surface area contributed by atoms with Crippen LogP contribution in [0.5, 0.6) is 17.2 Å². The maximum Gasteiger partial charge on any atom is 0.359 e. The molecule has 0 unspecified atom stereocenters. The molecule has 0 aliphatic rings. The van der Waals surface area contributed by atoms with Gasteiger partial charge in [0.1, 0.15) is 10.8 Å². The molecule has 2 aromatic heterocycles. The monoisotopic (exact) mass is 509 g/mol. The second-order valence-electron chi connectivity index (χ2n) is 7.33. The minimum atomic E-state index is -0.685. The third-order valence-corrected chi connectivity index (χ3v) is 6.21. The van der Waals surface area contributed by atoms with Crippen molar-refractivity contribution in [3.8, 4) is 22.9 Å². The van der Waals surface area contributed by atoms with E-state index in [0.717, 1.165) is 16.0 Å². The molecule has 11 heteroatoms. The quantitative estimate of drug-likeness (QED) is 0.355. The number of rotatable bonds is 8. The van der Waals surface area contributed by atoms with Gasteiger partial charge in [-0.25, -0.2) is 4.79 Å². The van der Waals surface area contributed by atoms with E-state index in [-0.39, 0.29) is 39.4 Å². The summed E-state index contributed by atoms with van der Waals surface area (Å²) in [7, 11) is 4.43. The standard InChI is InChI=1S/C25H23N3O7S/c1-5-35-25(31)20-17-13-36-23(26-22(29)16-7-6-8-18(33-3)21(16)34-4)19(17)24(30)28(27-20)14-9-11-15(32-2)12-10-14/h6-13H,5H2,1-4H3,(H,26,29). The summed E-state index contributed by atoms with van der Waals surface area (Å²) in [5, 5.41) is 9.31. The van der Waals surface area contributed by atoms with E-state index in [1.807, 2.05) is 0 Å². The summed E-state index contributed by atoms with van der Waals surface area (Å²) in [5.74, 6) is 0.0308. The summed E-state index contributed by atoms with van der Waals surface area (Å²) in [6, 6.07) is 11.5. The molecule has 4 aromatic rings. The fourth-order valence-electron chi connectivity index (χ4n) is 3.63. The van der Waals surface area contributed by atoms with Crippen LogP contribution in [-0.4, -0.2) is 49.6 Å². The van der Waals surface area contributed by atoms with E-state index in [0.29, 0.717) is 17.2 Å². The number of aromatic nitrogens is 2. The highest BCUT2D eigenvalue weighted by Gasteiger charge is 2.24. The number of nitrogens with zero attached hydrogens (tertiary/aromatic N) is 2. The highest BCUT2D eigenvalue weighted by atomic mass is 32.1. The van der Waals surface area contributed by atoms with Gasteiger partial charge in [-0.15, -0.1) is 11.3 Å². The zero-order valence-corrected chi connectivity index (χ0v) is 20.8. The van der Waals surface area contributed by atoms with Crippen LogP contribution < -0.4 is 25.1 Å². The molecule has 2 heterocycles. The van der Waals surface area contributed by atoms with Crippen LogP contribution in [-0.2, 0) is 4.74 Å². The predicted octanol–water partition coefficient (Wildman–Crippen LogP) is 3.90. The fraction of sp³-hybridized carbons (Fsp3) is 0.200. The van der Waals surface area contributed by atoms with Gasteiger partial charge in [-0.05, 0) is 43.3 Å². The molecule has 4 rings (SSSR count). The Morgan fingerprint density at radius 3 is 2.42 bits per heavy atom. The minimum Gasteiger partial charge on any atom is -0.497 e. The number of ether oxygens (including phenoxy) is 4. The Morgan fingerprint density at radius 1 is 1.03 bits per heavy atom. The molecule has 2 aromatic carbocycles. The molecule has 0 radical (unpaired) electrons. The summed E-state index contributed by atoms with van der Waals surface area (Å²) < 4.78 is 22.1. The van der Waals surface area contributed by atoms with Crippen molar-refractivity contribution in [2.45, 2.75) is 6.92 Å². The molecule has 1 N–H and O–H groups in total. The van der Waals surface area contributed by atoms with Gasteiger partial charge in [0, 0.05) is 10.8 Å². The van der Waals surface area contributed by atoms with Crippen molar-refractivity contribution in [2.75, 3.05) is 33.3 Å². The molecule has 1 amide bonds. The number of hydrogen-bond acceptors (Lipinski definition) is 9. The lowest BCUT2D eigenvalue weighted by Gasteiger charge is -2.13. The van der Waals surface area contributed by atoms with Gasteiger partial charge in [0.15, 0.2) is 17.2 Å². The number of methoxy groups -OCH3 is 3. The largest absolute Gasteiger partial charge is 0.497 e. The lowest BCUT2D eigenvalue weighted by molar-refractivity contribution is 0.0520. The molecule has 10 nitrogen and oxygen atoms in total. The number of anilines is 1. The maximum absolute atomic E-state index is 13.6. The third-order valence-electron chi connectivity index (χ3n) is 5.31. The zero-order valence-electron chi connectivity index (χ0n) is 20.0. The van der Waals surface area contributed by atoms with E-state index >= 15 is 0 Å². The van der Waals surface area contributed by atoms with Crippen LogP contribution in [0.4, 0.5) is 5.00 Å². The predicted molar refractivity (Wildman–Crippen MR) is 135 cm³/mol. The SMILES string of the molecule is CCOC(=O)c1nn(-c2ccc(OC)cc2)c(=O)c2c(NC(=O)c3cccc(OC)c3OC)scc12. The first-order valence-corrected chi connectivity index (χ1v) is 11.7. The van der Waals surface area contributed by atoms with Crippen LogP contribution in [0.2, 0.25) is 0 Å². The average molecular weight is 510 g/mol. The molecule has 186 valence electrons. The Labute approximate surface area is 210 Å². The van der Waals surface area contributed by atoms with Crippen LogP contribution in [0.3, 0.4) is 0 Å². The van der Waals surface area contributed by atoms with E-state index in [1.54, 1.807) is 54.8 Å². The van der Waals surface area contributed by atoms with Crippen molar-refractivity contribution in [3.63, 3.8) is 0 Å². The smallest absolute Gasteiger partial charge is 0.359 e. The van der Waals surface area contributed by atoms with Crippen LogP contribution in [0.1, 0.15) is 27.8 Å². The van der Waals surface area contributed by atoms with Gasteiger partial charge in [0.2, 0.25) is 0 Å². The third kappa shape index (κ3) is 4.48. The lowest BCUT2D eigenvalue weighted by atomic mass is 10.1. The first-order valence-electron chi connectivity index (χ1n) is 10.8. The van der Waals surface area contributed by atoms with Crippen LogP contribution in [0.25, 0.3) is 16.5 Å². The second-order valence-corrected chi connectivity index (χ2v) is 8.21. The summed E-state index contributed by atoms with van der Waals surface area (Å²) >= 11 is 1.10. The van der Waals surface area contributed by atoms with Crippen molar-refractivity contribution in [1.82, 2.24) is 9.78 Å². The van der Waals surface area contributed by atoms with Gasteiger partial charge in [-0.2, -0.15) is 9.78 Å². The zero-order chi connectivity index (χ0) is 25.8. The Bertz CT molecular complexity index is 1490. The van der Waals surface area contributed by atoms with Crippen LogP contribution >= 0.6 is 11.3 Å². The number of carbonyl (C=O) groups is 2. The Morgan fingerprint density at radius 2 is 1.78 bits per heavy atom. The second kappa shape index (κ2) is 10.5. The van der Waals surface area contributed by atoms with Gasteiger partial charge in [-0.3, -0.25) is 9.59 Å². The van der Waals surface area contributed by atoms with Gasteiger partial charge in [-0.1, -0.05) is 6.07 Å². The number of esters is 1. The molecule has 0 spiro atoms. The van der Waals surface area contributed by atoms with Crippen molar-refractivity contribution in [3.05, 3.63) is 69.5 Å². The van der Waals surface area contributed by atoms with E-state index in [1.165, 1.54) is 21.3 Å². The van der Waals surface area contributed by atoms with E-state index in [4.69, 9.17) is 18.9 Å². The first-order chi connectivity index (χ1) is 17.4. The number of amides is 1. The topological polar surface area (TPSA) is 118 Å². The number of hydrogen-bond donors (Lipinski definition) is 1. The molecule has 0 bridgehead atoms. The fourth-order valence-corrected chi connectivity index (χ4v) is 4.56. The number of thiophene rings is 1. The highest BCUT2D eigenvalue weighted by Crippen LogP contribution is 2.34. The molecular weight excluding hydrogens is 486 g/mol. The number of fused-ring (bicyclic) bond motifs is 1. The lowest BCUT2D eigenvalue weighted by Crippen LogP contribution is -2.25. The van der Waals surface area contributed by atoms with Crippen LogP contribution in [0.15, 0.2) is 52.6 Å². The first kappa shape index (κ1) is 24.7. The van der Waals surface area contributed by atoms with Gasteiger partial charge >= 0.3 is 5.97 Å². The Balaban J connectivity index is 1.86.